The molecule has 1 aromatic carbocycles. The largest absolute Gasteiger partial charge is 0.493 e. The first-order valence-corrected chi connectivity index (χ1v) is 7.14. The van der Waals surface area contributed by atoms with Crippen LogP contribution in [0.3, 0.4) is 0 Å². The molecule has 112 valence electrons. The molecule has 0 radical (unpaired) electrons. The van der Waals surface area contributed by atoms with Crippen LogP contribution in [0.15, 0.2) is 18.2 Å². The molecule has 5 nitrogen and oxygen atoms in total. The summed E-state index contributed by atoms with van der Waals surface area (Å²) < 4.78 is 5.52. The highest BCUT2D eigenvalue weighted by molar-refractivity contribution is 5.57. The lowest BCUT2D eigenvalue weighted by Gasteiger charge is -2.29. The van der Waals surface area contributed by atoms with E-state index < -0.39 is 0 Å². The number of nitrogens with zero attached hydrogens (tertiary/aromatic N) is 1. The average molecular weight is 280 g/mol. The Morgan fingerprint density at radius 2 is 1.90 bits per heavy atom. The molecule has 0 saturated heterocycles. The zero-order valence-corrected chi connectivity index (χ0v) is 12.7. The van der Waals surface area contributed by atoms with Gasteiger partial charge in [-0.05, 0) is 26.2 Å². The molecule has 5 heteroatoms. The Kier molecular flexibility index (Phi) is 5.80. The fraction of sp³-hybridized carbons (Fsp3) is 0.600. The average Bonchev–Trinajstić information content (AvgIpc) is 2.44. The van der Waals surface area contributed by atoms with Crippen LogP contribution in [0.2, 0.25) is 0 Å². The maximum absolute atomic E-state index is 11.0. The van der Waals surface area contributed by atoms with Crippen LogP contribution in [-0.4, -0.2) is 17.1 Å². The molecule has 0 atom stereocenters. The van der Waals surface area contributed by atoms with Crippen molar-refractivity contribution in [2.45, 2.75) is 52.5 Å². The number of nitro groups is 1. The molecule has 0 bridgehead atoms. The van der Waals surface area contributed by atoms with Crippen LogP contribution in [0.1, 0.15) is 47.0 Å². The number of hydrogen-bond donors (Lipinski definition) is 1. The lowest BCUT2D eigenvalue weighted by Crippen LogP contribution is -2.32. The number of rotatable bonds is 8. The number of nitro benzene ring substituents is 1. The van der Waals surface area contributed by atoms with Crippen molar-refractivity contribution in [3.63, 3.8) is 0 Å². The van der Waals surface area contributed by atoms with Crippen LogP contribution < -0.4 is 10.1 Å². The topological polar surface area (TPSA) is 64.4 Å². The molecule has 0 aliphatic carbocycles. The van der Waals surface area contributed by atoms with Gasteiger partial charge in [0.25, 0.3) is 5.69 Å². The van der Waals surface area contributed by atoms with Gasteiger partial charge in [0.05, 0.1) is 17.6 Å². The highest BCUT2D eigenvalue weighted by atomic mass is 16.6. The number of benzene rings is 1. The maximum Gasteiger partial charge on any atom is 0.275 e. The third-order valence-corrected chi connectivity index (χ3v) is 3.58. The van der Waals surface area contributed by atoms with Gasteiger partial charge >= 0.3 is 0 Å². The SMILES string of the molecule is CCCOc1cc(NC(C)(CC)CC)cc([N+](=O)[O-])c1. The van der Waals surface area contributed by atoms with E-state index in [1.54, 1.807) is 6.07 Å². The summed E-state index contributed by atoms with van der Waals surface area (Å²) in [6.45, 7) is 8.87. The summed E-state index contributed by atoms with van der Waals surface area (Å²) >= 11 is 0. The molecule has 0 aromatic heterocycles. The highest BCUT2D eigenvalue weighted by Crippen LogP contribution is 2.29. The monoisotopic (exact) mass is 280 g/mol. The first kappa shape index (κ1) is 16.3. The molecular weight excluding hydrogens is 256 g/mol. The molecule has 0 unspecified atom stereocenters. The molecule has 1 rings (SSSR count). The molecule has 0 heterocycles. The molecule has 1 N–H and O–H groups in total. The van der Waals surface area contributed by atoms with Crippen molar-refractivity contribution in [2.75, 3.05) is 11.9 Å². The van der Waals surface area contributed by atoms with E-state index >= 15 is 0 Å². The van der Waals surface area contributed by atoms with Gasteiger partial charge in [0, 0.05) is 23.4 Å². The van der Waals surface area contributed by atoms with E-state index in [1.807, 2.05) is 13.0 Å². The molecule has 0 spiro atoms. The summed E-state index contributed by atoms with van der Waals surface area (Å²) in [5, 5.41) is 14.4. The summed E-state index contributed by atoms with van der Waals surface area (Å²) in [7, 11) is 0. The minimum atomic E-state index is -0.390. The highest BCUT2D eigenvalue weighted by Gasteiger charge is 2.20. The second-order valence-electron chi connectivity index (χ2n) is 5.21. The Morgan fingerprint density at radius 1 is 1.25 bits per heavy atom. The lowest BCUT2D eigenvalue weighted by atomic mass is 9.95. The van der Waals surface area contributed by atoms with Crippen LogP contribution in [-0.2, 0) is 0 Å². The van der Waals surface area contributed by atoms with Gasteiger partial charge in [0.2, 0.25) is 0 Å². The predicted molar refractivity (Wildman–Crippen MR) is 81.5 cm³/mol. The lowest BCUT2D eigenvalue weighted by molar-refractivity contribution is -0.384. The Labute approximate surface area is 120 Å². The van der Waals surface area contributed by atoms with E-state index in [2.05, 4.69) is 26.1 Å². The van der Waals surface area contributed by atoms with Crippen molar-refractivity contribution in [2.24, 2.45) is 0 Å². The Hall–Kier alpha value is -1.78. The fourth-order valence-electron chi connectivity index (χ4n) is 1.84. The first-order valence-electron chi connectivity index (χ1n) is 7.14. The van der Waals surface area contributed by atoms with Gasteiger partial charge in [-0.1, -0.05) is 20.8 Å². The van der Waals surface area contributed by atoms with E-state index in [4.69, 9.17) is 4.74 Å². The zero-order valence-electron chi connectivity index (χ0n) is 12.7. The number of ether oxygens (including phenoxy) is 1. The number of hydrogen-bond acceptors (Lipinski definition) is 4. The van der Waals surface area contributed by atoms with E-state index in [-0.39, 0.29) is 16.1 Å². The van der Waals surface area contributed by atoms with Gasteiger partial charge in [0.1, 0.15) is 5.75 Å². The number of anilines is 1. The first-order chi connectivity index (χ1) is 9.44. The van der Waals surface area contributed by atoms with E-state index in [1.165, 1.54) is 6.07 Å². The molecule has 0 fully saturated rings. The normalized spacial score (nSPS) is 11.2. The van der Waals surface area contributed by atoms with Crippen LogP contribution in [0, 0.1) is 10.1 Å². The van der Waals surface area contributed by atoms with Gasteiger partial charge in [0.15, 0.2) is 0 Å². The van der Waals surface area contributed by atoms with Gasteiger partial charge in [-0.3, -0.25) is 10.1 Å². The van der Waals surface area contributed by atoms with Crippen LogP contribution >= 0.6 is 0 Å². The van der Waals surface area contributed by atoms with Crippen molar-refractivity contribution in [1.82, 2.24) is 0 Å². The van der Waals surface area contributed by atoms with Crippen LogP contribution in [0.5, 0.6) is 5.75 Å². The molecule has 0 aliphatic heterocycles. The molecule has 0 saturated carbocycles. The Morgan fingerprint density at radius 3 is 2.40 bits per heavy atom. The predicted octanol–water partition coefficient (Wildman–Crippen LogP) is 4.37. The zero-order chi connectivity index (χ0) is 15.2. The summed E-state index contributed by atoms with van der Waals surface area (Å²) in [6, 6.07) is 4.85. The summed E-state index contributed by atoms with van der Waals surface area (Å²) in [5.41, 5.74) is 0.712. The number of nitrogens with one attached hydrogen (secondary N) is 1. The standard InChI is InChI=1S/C15H24N2O3/c1-5-8-20-14-10-12(9-13(11-14)17(18)19)16-15(4,6-2)7-3/h9-11,16H,5-8H2,1-4H3. The van der Waals surface area contributed by atoms with Crippen LogP contribution in [0.4, 0.5) is 11.4 Å². The summed E-state index contributed by atoms with van der Waals surface area (Å²) in [5.74, 6) is 0.540. The summed E-state index contributed by atoms with van der Waals surface area (Å²) in [4.78, 5) is 10.6. The van der Waals surface area contributed by atoms with Crippen LogP contribution in [0.25, 0.3) is 0 Å². The molecule has 0 aliphatic rings. The van der Waals surface area contributed by atoms with Crippen molar-refractivity contribution < 1.29 is 9.66 Å². The molecular formula is C15H24N2O3. The minimum Gasteiger partial charge on any atom is -0.493 e. The van der Waals surface area contributed by atoms with Crippen molar-refractivity contribution in [3.8, 4) is 5.75 Å². The van der Waals surface area contributed by atoms with Gasteiger partial charge in [-0.2, -0.15) is 0 Å². The van der Waals surface area contributed by atoms with E-state index in [0.29, 0.717) is 12.4 Å². The quantitative estimate of drug-likeness (QED) is 0.567. The van der Waals surface area contributed by atoms with Crippen molar-refractivity contribution in [3.05, 3.63) is 28.3 Å². The number of non-ortho nitro benzene ring substituents is 1. The fourth-order valence-corrected chi connectivity index (χ4v) is 1.84. The summed E-state index contributed by atoms with van der Waals surface area (Å²) in [6.07, 6.45) is 2.75. The second-order valence-corrected chi connectivity index (χ2v) is 5.21. The van der Waals surface area contributed by atoms with E-state index in [9.17, 15) is 10.1 Å². The third kappa shape index (κ3) is 4.40. The van der Waals surface area contributed by atoms with Gasteiger partial charge in [-0.25, -0.2) is 0 Å². The van der Waals surface area contributed by atoms with Gasteiger partial charge in [-0.15, -0.1) is 0 Å². The molecule has 20 heavy (non-hydrogen) atoms. The van der Waals surface area contributed by atoms with E-state index in [0.717, 1.165) is 24.9 Å². The third-order valence-electron chi connectivity index (χ3n) is 3.58. The Balaban J connectivity index is 3.05. The second kappa shape index (κ2) is 7.12. The molecule has 0 amide bonds. The van der Waals surface area contributed by atoms with Crippen molar-refractivity contribution >= 4 is 11.4 Å². The smallest absolute Gasteiger partial charge is 0.275 e. The Bertz CT molecular complexity index is 456. The minimum absolute atomic E-state index is 0.0515. The van der Waals surface area contributed by atoms with Gasteiger partial charge < -0.3 is 10.1 Å². The maximum atomic E-state index is 11.0. The molecule has 1 aromatic rings. The van der Waals surface area contributed by atoms with Crippen molar-refractivity contribution in [1.29, 1.82) is 0 Å².